The predicted molar refractivity (Wildman–Crippen MR) is 133 cm³/mol. The van der Waals surface area contributed by atoms with Gasteiger partial charge in [-0.2, -0.15) is 13.2 Å². The Morgan fingerprint density at radius 3 is 2.22 bits per heavy atom. The number of halogens is 4. The number of amides is 3. The van der Waals surface area contributed by atoms with Gasteiger partial charge < -0.3 is 9.80 Å². The van der Waals surface area contributed by atoms with Gasteiger partial charge in [0, 0.05) is 18.1 Å². The molecule has 2 aromatic rings. The number of hydrogen-bond acceptors (Lipinski definition) is 4. The van der Waals surface area contributed by atoms with Crippen LogP contribution in [0.3, 0.4) is 0 Å². The topological polar surface area (TPSA) is 69.7 Å². The van der Waals surface area contributed by atoms with E-state index in [1.54, 1.807) is 35.9 Å². The maximum atomic E-state index is 13.6. The highest BCUT2D eigenvalue weighted by molar-refractivity contribution is 7.98. The van der Waals surface area contributed by atoms with Crippen molar-refractivity contribution in [3.05, 3.63) is 69.7 Å². The van der Waals surface area contributed by atoms with E-state index in [4.69, 9.17) is 11.6 Å². The van der Waals surface area contributed by atoms with E-state index in [0.717, 1.165) is 16.7 Å². The first-order chi connectivity index (χ1) is 16.8. The Kier molecular flexibility index (Phi) is 8.61. The molecule has 3 amide bonds. The lowest BCUT2D eigenvalue weighted by Crippen LogP contribution is -2.68. The molecule has 2 aromatic carbocycles. The molecule has 0 saturated carbocycles. The minimum Gasteiger partial charge on any atom is -0.328 e. The Morgan fingerprint density at radius 1 is 1.08 bits per heavy atom. The summed E-state index contributed by atoms with van der Waals surface area (Å²) in [5, 5.41) is 0.477. The third kappa shape index (κ3) is 7.16. The van der Waals surface area contributed by atoms with Crippen molar-refractivity contribution in [2.75, 3.05) is 13.1 Å². The van der Waals surface area contributed by atoms with Crippen LogP contribution < -0.4 is 4.72 Å². The number of carbonyl (C=O) groups is 3. The summed E-state index contributed by atoms with van der Waals surface area (Å²) in [6, 6.07) is 12.4. The fourth-order valence-corrected chi connectivity index (χ4v) is 4.71. The Labute approximate surface area is 217 Å². The summed E-state index contributed by atoms with van der Waals surface area (Å²) in [5.74, 6) is -1.72. The predicted octanol–water partition coefficient (Wildman–Crippen LogP) is 4.80. The molecule has 0 bridgehead atoms. The third-order valence-electron chi connectivity index (χ3n) is 6.01. The molecule has 1 aliphatic rings. The summed E-state index contributed by atoms with van der Waals surface area (Å²) >= 11 is 5.25. The molecule has 11 heteroatoms. The second-order valence-corrected chi connectivity index (χ2v) is 10.4. The molecule has 3 rings (SSSR count). The Hall–Kier alpha value is -2.72. The second kappa shape index (κ2) is 11.1. The Balaban J connectivity index is 1.78. The molecule has 0 aliphatic carbocycles. The summed E-state index contributed by atoms with van der Waals surface area (Å²) in [7, 11) is 0. The molecule has 36 heavy (non-hydrogen) atoms. The fraction of sp³-hybridized carbons (Fsp3) is 0.400. The fourth-order valence-electron chi connectivity index (χ4n) is 4.29. The van der Waals surface area contributed by atoms with E-state index in [1.807, 2.05) is 32.0 Å². The van der Waals surface area contributed by atoms with Gasteiger partial charge in [-0.1, -0.05) is 53.1 Å². The molecule has 0 aromatic heterocycles. The summed E-state index contributed by atoms with van der Waals surface area (Å²) in [6.07, 6.45) is 0.492. The molecule has 1 unspecified atom stereocenters. The summed E-state index contributed by atoms with van der Waals surface area (Å²) in [5.41, 5.74) is -2.34. The third-order valence-corrected chi connectivity index (χ3v) is 6.82. The second-order valence-electron chi connectivity index (χ2n) is 9.10. The van der Waals surface area contributed by atoms with Gasteiger partial charge in [0.25, 0.3) is 0 Å². The van der Waals surface area contributed by atoms with Gasteiger partial charge >= 0.3 is 5.51 Å². The highest BCUT2D eigenvalue weighted by Crippen LogP contribution is 2.34. The molecule has 6 nitrogen and oxygen atoms in total. The average molecular weight is 542 g/mol. The summed E-state index contributed by atoms with van der Waals surface area (Å²) < 4.78 is 39.3. The highest BCUT2D eigenvalue weighted by Gasteiger charge is 2.51. The van der Waals surface area contributed by atoms with Gasteiger partial charge in [-0.25, -0.2) is 0 Å². The van der Waals surface area contributed by atoms with Gasteiger partial charge in [0.05, 0.1) is 18.4 Å². The van der Waals surface area contributed by atoms with Crippen LogP contribution in [0.4, 0.5) is 13.2 Å². The van der Waals surface area contributed by atoms with Gasteiger partial charge in [0.2, 0.25) is 17.7 Å². The summed E-state index contributed by atoms with van der Waals surface area (Å²) in [6.45, 7) is 5.24. The lowest BCUT2D eigenvalue weighted by molar-refractivity contribution is -0.164. The molecule has 194 valence electrons. The van der Waals surface area contributed by atoms with E-state index < -0.39 is 41.4 Å². The minimum atomic E-state index is -4.65. The average Bonchev–Trinajstić information content (AvgIpc) is 2.75. The zero-order valence-corrected chi connectivity index (χ0v) is 21.7. The van der Waals surface area contributed by atoms with Crippen molar-refractivity contribution in [1.82, 2.24) is 14.5 Å². The number of alkyl halides is 3. The van der Waals surface area contributed by atoms with Crippen molar-refractivity contribution < 1.29 is 27.6 Å². The van der Waals surface area contributed by atoms with Crippen molar-refractivity contribution >= 4 is 41.3 Å². The molecule has 1 heterocycles. The zero-order valence-electron chi connectivity index (χ0n) is 20.1. The van der Waals surface area contributed by atoms with Crippen molar-refractivity contribution in [1.29, 1.82) is 0 Å². The van der Waals surface area contributed by atoms with Gasteiger partial charge in [-0.3, -0.25) is 19.1 Å². The molecule has 0 spiro atoms. The van der Waals surface area contributed by atoms with Gasteiger partial charge in [0.1, 0.15) is 12.1 Å². The van der Waals surface area contributed by atoms with Crippen LogP contribution in [0.25, 0.3) is 0 Å². The number of aryl methyl sites for hydroxylation is 2. The maximum Gasteiger partial charge on any atom is 0.461 e. The van der Waals surface area contributed by atoms with Gasteiger partial charge in [-0.15, -0.1) is 0 Å². The molecule has 1 N–H and O–H groups in total. The number of carbonyl (C=O) groups excluding carboxylic acids is 3. The highest BCUT2D eigenvalue weighted by atomic mass is 35.5. The number of benzene rings is 2. The molecular weight excluding hydrogens is 515 g/mol. The van der Waals surface area contributed by atoms with E-state index in [0.29, 0.717) is 23.6 Å². The van der Waals surface area contributed by atoms with Crippen molar-refractivity contribution in [3.63, 3.8) is 0 Å². The van der Waals surface area contributed by atoms with Crippen LogP contribution in [-0.4, -0.2) is 51.7 Å². The van der Waals surface area contributed by atoms with E-state index in [-0.39, 0.29) is 18.9 Å². The van der Waals surface area contributed by atoms with Crippen LogP contribution in [-0.2, 0) is 27.3 Å². The van der Waals surface area contributed by atoms with E-state index in [9.17, 15) is 27.6 Å². The monoisotopic (exact) mass is 541 g/mol. The van der Waals surface area contributed by atoms with Crippen LogP contribution in [0.2, 0.25) is 5.02 Å². The lowest BCUT2D eigenvalue weighted by atomic mass is 9.84. The first-order valence-corrected chi connectivity index (χ1v) is 12.4. The molecule has 0 radical (unpaired) electrons. The molecule has 1 fully saturated rings. The summed E-state index contributed by atoms with van der Waals surface area (Å²) in [4.78, 5) is 41.7. The first kappa shape index (κ1) is 27.9. The number of nitrogens with zero attached hydrogens (tertiary/aromatic N) is 2. The van der Waals surface area contributed by atoms with Gasteiger partial charge in [-0.05, 0) is 50.5 Å². The van der Waals surface area contributed by atoms with Crippen molar-refractivity contribution in [3.8, 4) is 0 Å². The lowest BCUT2D eigenvalue weighted by Gasteiger charge is -2.51. The molecule has 1 atom stereocenters. The number of nitrogens with one attached hydrogen (secondary N) is 1. The zero-order chi connectivity index (χ0) is 26.7. The first-order valence-electron chi connectivity index (χ1n) is 11.2. The largest absolute Gasteiger partial charge is 0.461 e. The smallest absolute Gasteiger partial charge is 0.328 e. The van der Waals surface area contributed by atoms with Crippen LogP contribution in [0.5, 0.6) is 0 Å². The molecular formula is C25H27ClF3N3O3S. The maximum absolute atomic E-state index is 13.6. The van der Waals surface area contributed by atoms with Crippen LogP contribution >= 0.6 is 23.5 Å². The number of hydrogen-bond donors (Lipinski definition) is 1. The van der Waals surface area contributed by atoms with Gasteiger partial charge in [0.15, 0.2) is 0 Å². The van der Waals surface area contributed by atoms with Crippen LogP contribution in [0.1, 0.15) is 35.6 Å². The molecule has 1 aliphatic heterocycles. The normalized spacial score (nSPS) is 17.4. The van der Waals surface area contributed by atoms with E-state index in [1.165, 1.54) is 9.80 Å². The SMILES string of the molecule is Cc1cc(C)cc(CC(=O)N2CCC2(C)C(=O)N(CC(=O)NSC(F)(F)F)Cc2ccc(Cl)cc2)c1. The number of rotatable bonds is 8. The Bertz CT molecular complexity index is 1120. The van der Waals surface area contributed by atoms with Crippen molar-refractivity contribution in [2.24, 2.45) is 0 Å². The van der Waals surface area contributed by atoms with Crippen LogP contribution in [0, 0.1) is 13.8 Å². The minimum absolute atomic E-state index is 0.0329. The van der Waals surface area contributed by atoms with E-state index in [2.05, 4.69) is 0 Å². The quantitative estimate of drug-likeness (QED) is 0.487. The Morgan fingerprint density at radius 2 is 1.69 bits per heavy atom. The standard InChI is InChI=1S/C25H27ClF3N3O3S/c1-16-10-17(2)12-19(11-16)13-22(34)32-9-8-24(32,3)23(35)31(14-18-4-6-20(26)7-5-18)15-21(33)30-36-25(27,28)29/h4-7,10-12H,8-9,13-15H2,1-3H3,(H,30,33). The van der Waals surface area contributed by atoms with Crippen LogP contribution in [0.15, 0.2) is 42.5 Å². The van der Waals surface area contributed by atoms with E-state index >= 15 is 0 Å². The van der Waals surface area contributed by atoms with Crippen molar-refractivity contribution in [2.45, 2.75) is 51.2 Å². The molecule has 1 saturated heterocycles. The number of likely N-dealkylation sites (tertiary alicyclic amines) is 1.